The fourth-order valence-electron chi connectivity index (χ4n) is 1.32. The van der Waals surface area contributed by atoms with Crippen molar-refractivity contribution in [2.24, 2.45) is 0 Å². The number of thioether (sulfide) groups is 1. The third-order valence-corrected chi connectivity index (χ3v) is 2.73. The van der Waals surface area contributed by atoms with Crippen LogP contribution in [0.2, 0.25) is 0 Å². The Balaban J connectivity index is 1.95. The molecule has 1 aliphatic rings. The maximum absolute atomic E-state index is 5.35. The van der Waals surface area contributed by atoms with E-state index in [-0.39, 0.29) is 0 Å². The lowest BCUT2D eigenvalue weighted by Gasteiger charge is -2.13. The van der Waals surface area contributed by atoms with Gasteiger partial charge >= 0.3 is 0 Å². The summed E-state index contributed by atoms with van der Waals surface area (Å²) < 4.78 is 5.35. The molecule has 0 aromatic rings. The molecule has 0 aromatic heterocycles. The van der Waals surface area contributed by atoms with Crippen LogP contribution in [0.1, 0.15) is 12.8 Å². The summed E-state index contributed by atoms with van der Waals surface area (Å²) >= 11 is 1.91. The normalized spacial score (nSPS) is 17.2. The van der Waals surface area contributed by atoms with E-state index in [1.54, 1.807) is 0 Å². The molecule has 0 spiro atoms. The molecule has 0 unspecified atom stereocenters. The highest BCUT2D eigenvalue weighted by molar-refractivity contribution is 7.98. The van der Waals surface area contributed by atoms with Gasteiger partial charge in [0.1, 0.15) is 0 Å². The van der Waals surface area contributed by atoms with Gasteiger partial charge in [-0.2, -0.15) is 11.8 Å². The number of rotatable bonds is 6. The maximum Gasteiger partial charge on any atom is 0.0689 e. The van der Waals surface area contributed by atoms with Gasteiger partial charge in [0.05, 0.1) is 13.2 Å². The van der Waals surface area contributed by atoms with Gasteiger partial charge < -0.3 is 10.1 Å². The van der Waals surface area contributed by atoms with Crippen LogP contribution < -0.4 is 5.32 Å². The van der Waals surface area contributed by atoms with E-state index in [1.807, 2.05) is 11.8 Å². The average Bonchev–Trinajstić information content (AvgIpc) is 2.19. The molecule has 13 heavy (non-hydrogen) atoms. The summed E-state index contributed by atoms with van der Waals surface area (Å²) in [6.45, 7) is 3.86. The molecule has 1 rings (SSSR count). The number of hydrogen-bond donors (Lipinski definition) is 1. The van der Waals surface area contributed by atoms with Crippen molar-refractivity contribution in [1.29, 1.82) is 0 Å². The number of ether oxygens (including phenoxy) is 1. The second-order valence-corrected chi connectivity index (χ2v) is 4.21. The molecular formula is C10H19NOS. The van der Waals surface area contributed by atoms with Crippen LogP contribution in [0, 0.1) is 0 Å². The van der Waals surface area contributed by atoms with E-state index in [0.717, 1.165) is 32.7 Å². The Hall–Kier alpha value is 0.01000. The Morgan fingerprint density at radius 1 is 1.62 bits per heavy atom. The molecule has 76 valence electrons. The molecule has 0 radical (unpaired) electrons. The van der Waals surface area contributed by atoms with Crippen molar-refractivity contribution in [3.63, 3.8) is 0 Å². The van der Waals surface area contributed by atoms with Crippen LogP contribution in [0.5, 0.6) is 0 Å². The average molecular weight is 201 g/mol. The molecule has 0 bridgehead atoms. The largest absolute Gasteiger partial charge is 0.377 e. The summed E-state index contributed by atoms with van der Waals surface area (Å²) in [7, 11) is 0. The van der Waals surface area contributed by atoms with Gasteiger partial charge in [0, 0.05) is 6.54 Å². The van der Waals surface area contributed by atoms with E-state index >= 15 is 0 Å². The van der Waals surface area contributed by atoms with Crippen LogP contribution in [-0.4, -0.2) is 38.3 Å². The SMILES string of the molecule is CSCCCNCC1=CCCOC1. The van der Waals surface area contributed by atoms with Gasteiger partial charge in [0.15, 0.2) is 0 Å². The van der Waals surface area contributed by atoms with Gasteiger partial charge in [-0.1, -0.05) is 6.08 Å². The molecule has 0 fully saturated rings. The Morgan fingerprint density at radius 3 is 3.23 bits per heavy atom. The van der Waals surface area contributed by atoms with Gasteiger partial charge in [-0.15, -0.1) is 0 Å². The van der Waals surface area contributed by atoms with Crippen molar-refractivity contribution in [2.75, 3.05) is 38.3 Å². The van der Waals surface area contributed by atoms with Gasteiger partial charge in [0.2, 0.25) is 0 Å². The molecule has 0 atom stereocenters. The molecule has 0 aliphatic carbocycles. The van der Waals surface area contributed by atoms with Crippen molar-refractivity contribution in [3.8, 4) is 0 Å². The first-order chi connectivity index (χ1) is 6.43. The molecule has 0 saturated heterocycles. The van der Waals surface area contributed by atoms with Crippen molar-refractivity contribution in [1.82, 2.24) is 5.32 Å². The molecule has 2 nitrogen and oxygen atoms in total. The minimum absolute atomic E-state index is 0.829. The zero-order chi connectivity index (χ0) is 9.36. The maximum atomic E-state index is 5.35. The van der Waals surface area contributed by atoms with Gasteiger partial charge in [0.25, 0.3) is 0 Å². The lowest BCUT2D eigenvalue weighted by molar-refractivity contribution is 0.149. The topological polar surface area (TPSA) is 21.3 Å². The molecule has 1 N–H and O–H groups in total. The third-order valence-electron chi connectivity index (χ3n) is 2.04. The number of hydrogen-bond acceptors (Lipinski definition) is 3. The van der Waals surface area contributed by atoms with Crippen molar-refractivity contribution in [2.45, 2.75) is 12.8 Å². The van der Waals surface area contributed by atoms with Gasteiger partial charge in [-0.3, -0.25) is 0 Å². The smallest absolute Gasteiger partial charge is 0.0689 e. The Bertz CT molecular complexity index is 159. The van der Waals surface area contributed by atoms with E-state index in [1.165, 1.54) is 17.7 Å². The van der Waals surface area contributed by atoms with Crippen LogP contribution in [0.25, 0.3) is 0 Å². The lowest BCUT2D eigenvalue weighted by Crippen LogP contribution is -2.22. The Labute approximate surface area is 85.1 Å². The summed E-state index contributed by atoms with van der Waals surface area (Å²) in [5, 5.41) is 3.43. The first kappa shape index (κ1) is 11.1. The quantitative estimate of drug-likeness (QED) is 0.522. The molecule has 3 heteroatoms. The summed E-state index contributed by atoms with van der Waals surface area (Å²) in [5.74, 6) is 1.25. The van der Waals surface area contributed by atoms with Gasteiger partial charge in [-0.05, 0) is 37.0 Å². The summed E-state index contributed by atoms with van der Waals surface area (Å²) in [6.07, 6.45) is 6.79. The molecule has 0 aromatic carbocycles. The van der Waals surface area contributed by atoms with E-state index < -0.39 is 0 Å². The Morgan fingerprint density at radius 2 is 2.54 bits per heavy atom. The fourth-order valence-corrected chi connectivity index (χ4v) is 1.76. The van der Waals surface area contributed by atoms with Crippen LogP contribution in [0.3, 0.4) is 0 Å². The molecule has 0 amide bonds. The second-order valence-electron chi connectivity index (χ2n) is 3.23. The molecule has 1 aliphatic heterocycles. The highest BCUT2D eigenvalue weighted by Crippen LogP contribution is 2.03. The van der Waals surface area contributed by atoms with Gasteiger partial charge in [-0.25, -0.2) is 0 Å². The Kier molecular flexibility index (Phi) is 6.33. The summed E-state index contributed by atoms with van der Waals surface area (Å²) in [4.78, 5) is 0. The predicted molar refractivity (Wildman–Crippen MR) is 59.4 cm³/mol. The highest BCUT2D eigenvalue weighted by Gasteiger charge is 2.01. The lowest BCUT2D eigenvalue weighted by atomic mass is 10.2. The standard InChI is InChI=1S/C10H19NOS/c1-13-7-3-5-11-8-10-4-2-6-12-9-10/h4,11H,2-3,5-9H2,1H3. The van der Waals surface area contributed by atoms with E-state index in [0.29, 0.717) is 0 Å². The highest BCUT2D eigenvalue weighted by atomic mass is 32.2. The molecule has 1 heterocycles. The first-order valence-electron chi connectivity index (χ1n) is 4.89. The zero-order valence-corrected chi connectivity index (χ0v) is 9.16. The minimum atomic E-state index is 0.829. The van der Waals surface area contributed by atoms with E-state index in [4.69, 9.17) is 4.74 Å². The van der Waals surface area contributed by atoms with Crippen LogP contribution in [0.15, 0.2) is 11.6 Å². The van der Waals surface area contributed by atoms with E-state index in [9.17, 15) is 0 Å². The number of nitrogens with one attached hydrogen (secondary N) is 1. The molecule has 0 saturated carbocycles. The monoisotopic (exact) mass is 201 g/mol. The van der Waals surface area contributed by atoms with E-state index in [2.05, 4.69) is 17.6 Å². The van der Waals surface area contributed by atoms with Crippen molar-refractivity contribution >= 4 is 11.8 Å². The minimum Gasteiger partial charge on any atom is -0.377 e. The summed E-state index contributed by atoms with van der Waals surface area (Å²) in [6, 6.07) is 0. The van der Waals surface area contributed by atoms with Crippen LogP contribution in [0.4, 0.5) is 0 Å². The van der Waals surface area contributed by atoms with Crippen LogP contribution in [-0.2, 0) is 4.74 Å². The van der Waals surface area contributed by atoms with Crippen LogP contribution >= 0.6 is 11.8 Å². The summed E-state index contributed by atoms with van der Waals surface area (Å²) in [5.41, 5.74) is 1.41. The third kappa shape index (κ3) is 5.34. The predicted octanol–water partition coefficient (Wildman–Crippen LogP) is 1.68. The zero-order valence-electron chi connectivity index (χ0n) is 8.34. The fraction of sp³-hybridized carbons (Fsp3) is 0.800. The first-order valence-corrected chi connectivity index (χ1v) is 6.28. The molecular weight excluding hydrogens is 182 g/mol. The van der Waals surface area contributed by atoms with Crippen molar-refractivity contribution in [3.05, 3.63) is 11.6 Å². The second kappa shape index (κ2) is 7.42. The van der Waals surface area contributed by atoms with Crippen molar-refractivity contribution < 1.29 is 4.74 Å².